The number of hydrogen-bond donors (Lipinski definition) is 1. The molecule has 0 aliphatic rings. The van der Waals surface area contributed by atoms with E-state index < -0.39 is 0 Å². The van der Waals surface area contributed by atoms with E-state index in [9.17, 15) is 0 Å². The van der Waals surface area contributed by atoms with Crippen LogP contribution in [0.5, 0.6) is 11.5 Å². The predicted molar refractivity (Wildman–Crippen MR) is 56.6 cm³/mol. The second kappa shape index (κ2) is 4.85. The summed E-state index contributed by atoms with van der Waals surface area (Å²) in [6.45, 7) is 0. The number of halogens is 1. The number of methoxy groups -OCH3 is 2. The first-order valence-electron chi connectivity index (χ1n) is 3.82. The summed E-state index contributed by atoms with van der Waals surface area (Å²) in [5, 5.41) is 11.4. The van der Waals surface area contributed by atoms with Crippen molar-refractivity contribution in [3.63, 3.8) is 0 Å². The van der Waals surface area contributed by atoms with Crippen LogP contribution in [0.1, 0.15) is 5.56 Å². The van der Waals surface area contributed by atoms with Crippen LogP contribution >= 0.6 is 15.9 Å². The van der Waals surface area contributed by atoms with Crippen LogP contribution < -0.4 is 9.47 Å². The van der Waals surface area contributed by atoms with Crippen LogP contribution in [0.25, 0.3) is 0 Å². The van der Waals surface area contributed by atoms with Crippen LogP contribution in [0, 0.1) is 0 Å². The first-order chi connectivity index (χ1) is 6.72. The maximum absolute atomic E-state index is 8.48. The van der Waals surface area contributed by atoms with E-state index in [1.54, 1.807) is 12.1 Å². The van der Waals surface area contributed by atoms with Crippen molar-refractivity contribution in [2.24, 2.45) is 5.16 Å². The summed E-state index contributed by atoms with van der Waals surface area (Å²) in [5.41, 5.74) is 0.598. The Morgan fingerprint density at radius 1 is 1.29 bits per heavy atom. The molecule has 0 atom stereocenters. The van der Waals surface area contributed by atoms with Crippen molar-refractivity contribution in [1.82, 2.24) is 0 Å². The zero-order valence-corrected chi connectivity index (χ0v) is 9.41. The van der Waals surface area contributed by atoms with Gasteiger partial charge in [-0.15, -0.1) is 0 Å². The van der Waals surface area contributed by atoms with Crippen LogP contribution in [0.3, 0.4) is 0 Å². The number of nitrogens with zero attached hydrogens (tertiary/aromatic N) is 1. The number of benzene rings is 1. The fraction of sp³-hybridized carbons (Fsp3) is 0.222. The second-order valence-corrected chi connectivity index (χ2v) is 3.38. The number of oxime groups is 1. The molecule has 0 heterocycles. The van der Waals surface area contributed by atoms with E-state index in [2.05, 4.69) is 21.1 Å². The van der Waals surface area contributed by atoms with E-state index in [0.29, 0.717) is 17.1 Å². The summed E-state index contributed by atoms with van der Waals surface area (Å²) in [5.74, 6) is 1.16. The minimum absolute atomic E-state index is 0.578. The number of ether oxygens (including phenoxy) is 2. The lowest BCUT2D eigenvalue weighted by atomic mass is 10.2. The minimum Gasteiger partial charge on any atom is -0.496 e. The molecule has 0 aliphatic carbocycles. The van der Waals surface area contributed by atoms with Gasteiger partial charge in [-0.25, -0.2) is 0 Å². The van der Waals surface area contributed by atoms with Gasteiger partial charge < -0.3 is 14.7 Å². The van der Waals surface area contributed by atoms with Gasteiger partial charge in [-0.1, -0.05) is 21.1 Å². The standard InChI is InChI=1S/C9H10BrNO3/c1-13-8-3-6(10)4-9(14-2)7(8)5-11-12/h3-5,12H,1-2H3/b11-5-. The third-order valence-corrected chi connectivity index (χ3v) is 2.15. The van der Waals surface area contributed by atoms with E-state index in [4.69, 9.17) is 14.7 Å². The highest BCUT2D eigenvalue weighted by atomic mass is 79.9. The molecule has 0 aromatic heterocycles. The molecule has 0 bridgehead atoms. The molecule has 1 rings (SSSR count). The Morgan fingerprint density at radius 3 is 2.14 bits per heavy atom. The molecule has 0 radical (unpaired) electrons. The SMILES string of the molecule is COc1cc(Br)cc(OC)c1/C=N\O. The van der Waals surface area contributed by atoms with Gasteiger partial charge in [0.25, 0.3) is 0 Å². The third-order valence-electron chi connectivity index (χ3n) is 1.70. The molecular formula is C9H10BrNO3. The van der Waals surface area contributed by atoms with Gasteiger partial charge in [0.05, 0.1) is 26.0 Å². The summed E-state index contributed by atoms with van der Waals surface area (Å²) in [4.78, 5) is 0. The number of rotatable bonds is 3. The summed E-state index contributed by atoms with van der Waals surface area (Å²) in [6.07, 6.45) is 1.27. The normalized spacial score (nSPS) is 10.5. The molecule has 0 fully saturated rings. The molecule has 1 aromatic carbocycles. The fourth-order valence-electron chi connectivity index (χ4n) is 1.09. The Balaban J connectivity index is 3.32. The molecule has 14 heavy (non-hydrogen) atoms. The first kappa shape index (κ1) is 10.8. The maximum atomic E-state index is 8.48. The van der Waals surface area contributed by atoms with Crippen LogP contribution in [-0.4, -0.2) is 25.6 Å². The maximum Gasteiger partial charge on any atom is 0.132 e. The summed E-state index contributed by atoms with van der Waals surface area (Å²) < 4.78 is 11.1. The van der Waals surface area contributed by atoms with Gasteiger partial charge >= 0.3 is 0 Å². The van der Waals surface area contributed by atoms with Crippen LogP contribution in [0.4, 0.5) is 0 Å². The van der Waals surface area contributed by atoms with E-state index in [-0.39, 0.29) is 0 Å². The lowest BCUT2D eigenvalue weighted by Crippen LogP contribution is -1.96. The lowest BCUT2D eigenvalue weighted by Gasteiger charge is -2.09. The summed E-state index contributed by atoms with van der Waals surface area (Å²) in [7, 11) is 3.08. The molecule has 0 amide bonds. The second-order valence-electron chi connectivity index (χ2n) is 2.47. The molecular weight excluding hydrogens is 250 g/mol. The molecule has 1 aromatic rings. The summed E-state index contributed by atoms with van der Waals surface area (Å²) >= 11 is 3.31. The number of hydrogen-bond acceptors (Lipinski definition) is 4. The quantitative estimate of drug-likeness (QED) is 0.515. The van der Waals surface area contributed by atoms with Crippen molar-refractivity contribution in [2.75, 3.05) is 14.2 Å². The van der Waals surface area contributed by atoms with Gasteiger partial charge in [-0.05, 0) is 12.1 Å². The Morgan fingerprint density at radius 2 is 1.79 bits per heavy atom. The average molecular weight is 260 g/mol. The predicted octanol–water partition coefficient (Wildman–Crippen LogP) is 2.27. The van der Waals surface area contributed by atoms with Gasteiger partial charge in [0, 0.05) is 4.47 Å². The zero-order valence-electron chi connectivity index (χ0n) is 7.82. The van der Waals surface area contributed by atoms with Gasteiger partial charge in [0.1, 0.15) is 11.5 Å². The Labute approximate surface area is 90.3 Å². The highest BCUT2D eigenvalue weighted by molar-refractivity contribution is 9.10. The van der Waals surface area contributed by atoms with Crippen LogP contribution in [0.2, 0.25) is 0 Å². The van der Waals surface area contributed by atoms with Gasteiger partial charge in [0.2, 0.25) is 0 Å². The zero-order chi connectivity index (χ0) is 10.6. The van der Waals surface area contributed by atoms with E-state index in [0.717, 1.165) is 4.47 Å². The van der Waals surface area contributed by atoms with Crippen LogP contribution in [0.15, 0.2) is 21.8 Å². The molecule has 0 saturated heterocycles. The highest BCUT2D eigenvalue weighted by Gasteiger charge is 2.09. The third kappa shape index (κ3) is 2.17. The molecule has 0 aliphatic heterocycles. The Hall–Kier alpha value is -1.23. The van der Waals surface area contributed by atoms with Crippen molar-refractivity contribution in [1.29, 1.82) is 0 Å². The Bertz CT molecular complexity index is 327. The fourth-order valence-corrected chi connectivity index (χ4v) is 1.51. The first-order valence-corrected chi connectivity index (χ1v) is 4.61. The molecule has 5 heteroatoms. The minimum atomic E-state index is 0.578. The van der Waals surface area contributed by atoms with Crippen molar-refractivity contribution in [3.05, 3.63) is 22.2 Å². The van der Waals surface area contributed by atoms with Crippen LogP contribution in [-0.2, 0) is 0 Å². The van der Waals surface area contributed by atoms with Crippen molar-refractivity contribution in [3.8, 4) is 11.5 Å². The van der Waals surface area contributed by atoms with Gasteiger partial charge in [-0.2, -0.15) is 0 Å². The smallest absolute Gasteiger partial charge is 0.132 e. The topological polar surface area (TPSA) is 51.0 Å². The molecule has 76 valence electrons. The average Bonchev–Trinajstić information content (AvgIpc) is 2.20. The lowest BCUT2D eigenvalue weighted by molar-refractivity contribution is 0.321. The molecule has 0 spiro atoms. The molecule has 0 unspecified atom stereocenters. The summed E-state index contributed by atoms with van der Waals surface area (Å²) in [6, 6.07) is 3.53. The van der Waals surface area contributed by atoms with E-state index in [1.807, 2.05) is 0 Å². The largest absolute Gasteiger partial charge is 0.496 e. The Kier molecular flexibility index (Phi) is 3.76. The van der Waals surface area contributed by atoms with E-state index >= 15 is 0 Å². The van der Waals surface area contributed by atoms with Crippen molar-refractivity contribution in [2.45, 2.75) is 0 Å². The monoisotopic (exact) mass is 259 g/mol. The van der Waals surface area contributed by atoms with E-state index in [1.165, 1.54) is 20.4 Å². The van der Waals surface area contributed by atoms with Crippen molar-refractivity contribution >= 4 is 22.1 Å². The van der Waals surface area contributed by atoms with Crippen molar-refractivity contribution < 1.29 is 14.7 Å². The molecule has 0 saturated carbocycles. The van der Waals surface area contributed by atoms with Gasteiger partial charge in [0.15, 0.2) is 0 Å². The molecule has 1 N–H and O–H groups in total. The molecule has 4 nitrogen and oxygen atoms in total. The van der Waals surface area contributed by atoms with Gasteiger partial charge in [-0.3, -0.25) is 0 Å². The highest BCUT2D eigenvalue weighted by Crippen LogP contribution is 2.31.